The molecule has 0 aliphatic rings. The van der Waals surface area contributed by atoms with Gasteiger partial charge in [-0.2, -0.15) is 0 Å². The number of carbonyl (C=O) groups excluding carboxylic acids is 2. The largest absolute Gasteiger partial charge is 0.469 e. The smallest absolute Gasteiger partial charge is 0.309 e. The van der Waals surface area contributed by atoms with Crippen molar-refractivity contribution in [3.63, 3.8) is 0 Å². The monoisotopic (exact) mass is 156 g/mol. The van der Waals surface area contributed by atoms with Crippen molar-refractivity contribution in [2.75, 3.05) is 7.11 Å². The number of allylic oxidation sites excluding steroid dienone is 1. The molecule has 0 atom stereocenters. The Labute approximate surface area is 66.0 Å². The van der Waals surface area contributed by atoms with Gasteiger partial charge in [0.2, 0.25) is 0 Å². The Morgan fingerprint density at radius 3 is 2.27 bits per heavy atom. The summed E-state index contributed by atoms with van der Waals surface area (Å²) in [5.41, 5.74) is 0.593. The van der Waals surface area contributed by atoms with Crippen molar-refractivity contribution in [3.05, 3.63) is 11.6 Å². The fourth-order valence-corrected chi connectivity index (χ4v) is 0.463. The predicted molar refractivity (Wildman–Crippen MR) is 41.1 cm³/mol. The highest BCUT2D eigenvalue weighted by atomic mass is 16.5. The molecule has 11 heavy (non-hydrogen) atoms. The SMILES string of the molecule is COC(=O)CC=C(C)C(C)=O. The van der Waals surface area contributed by atoms with Crippen molar-refractivity contribution in [1.29, 1.82) is 0 Å². The molecule has 3 nitrogen and oxygen atoms in total. The lowest BCUT2D eigenvalue weighted by molar-refractivity contribution is -0.139. The highest BCUT2D eigenvalue weighted by molar-refractivity contribution is 5.93. The zero-order valence-electron chi connectivity index (χ0n) is 7.01. The third-order valence-electron chi connectivity index (χ3n) is 1.36. The van der Waals surface area contributed by atoms with Crippen molar-refractivity contribution < 1.29 is 14.3 Å². The lowest BCUT2D eigenvalue weighted by Gasteiger charge is -1.94. The normalized spacial score (nSPS) is 11.0. The van der Waals surface area contributed by atoms with E-state index < -0.39 is 0 Å². The number of Topliss-reactive ketones (excluding diaryl/α,β-unsaturated/α-hetero) is 1. The number of carbonyl (C=O) groups is 2. The summed E-state index contributed by atoms with van der Waals surface area (Å²) in [6.45, 7) is 3.13. The van der Waals surface area contributed by atoms with E-state index in [9.17, 15) is 9.59 Å². The fraction of sp³-hybridized carbons (Fsp3) is 0.500. The van der Waals surface area contributed by atoms with Crippen LogP contribution in [0.15, 0.2) is 11.6 Å². The van der Waals surface area contributed by atoms with Gasteiger partial charge in [0.1, 0.15) is 0 Å². The van der Waals surface area contributed by atoms with E-state index in [0.29, 0.717) is 5.57 Å². The van der Waals surface area contributed by atoms with E-state index in [-0.39, 0.29) is 18.2 Å². The van der Waals surface area contributed by atoms with Crippen molar-refractivity contribution >= 4 is 11.8 Å². The van der Waals surface area contributed by atoms with E-state index in [1.165, 1.54) is 14.0 Å². The molecule has 0 aromatic carbocycles. The Hall–Kier alpha value is -1.12. The van der Waals surface area contributed by atoms with Gasteiger partial charge in [-0.05, 0) is 19.4 Å². The molecule has 0 amide bonds. The minimum atomic E-state index is -0.328. The first-order chi connectivity index (χ1) is 5.07. The maximum atomic E-state index is 10.6. The summed E-state index contributed by atoms with van der Waals surface area (Å²) in [5, 5.41) is 0. The quantitative estimate of drug-likeness (QED) is 0.453. The van der Waals surface area contributed by atoms with Crippen molar-refractivity contribution in [3.8, 4) is 0 Å². The maximum Gasteiger partial charge on any atom is 0.309 e. The minimum absolute atomic E-state index is 0.0195. The van der Waals surface area contributed by atoms with Crippen LogP contribution >= 0.6 is 0 Å². The molecule has 0 aliphatic carbocycles. The van der Waals surface area contributed by atoms with E-state index in [1.54, 1.807) is 13.0 Å². The highest BCUT2D eigenvalue weighted by Gasteiger charge is 1.99. The first kappa shape index (κ1) is 9.88. The zero-order chi connectivity index (χ0) is 8.85. The number of ketones is 1. The lowest BCUT2D eigenvalue weighted by Crippen LogP contribution is -1.99. The van der Waals surface area contributed by atoms with E-state index in [4.69, 9.17) is 0 Å². The van der Waals surface area contributed by atoms with Crippen molar-refractivity contribution in [2.24, 2.45) is 0 Å². The van der Waals surface area contributed by atoms with Crippen LogP contribution in [-0.2, 0) is 14.3 Å². The molecule has 0 N–H and O–H groups in total. The molecule has 0 radical (unpaired) electrons. The predicted octanol–water partition coefficient (Wildman–Crippen LogP) is 1.08. The van der Waals surface area contributed by atoms with Crippen LogP contribution in [-0.4, -0.2) is 18.9 Å². The summed E-state index contributed by atoms with van der Waals surface area (Å²) in [5.74, 6) is -0.348. The zero-order valence-corrected chi connectivity index (χ0v) is 7.01. The maximum absolute atomic E-state index is 10.6. The first-order valence-electron chi connectivity index (χ1n) is 3.32. The van der Waals surface area contributed by atoms with Crippen LogP contribution in [0, 0.1) is 0 Å². The van der Waals surface area contributed by atoms with Gasteiger partial charge in [-0.3, -0.25) is 9.59 Å². The Morgan fingerprint density at radius 1 is 1.36 bits per heavy atom. The summed E-state index contributed by atoms with van der Waals surface area (Å²) in [6.07, 6.45) is 1.73. The molecule has 0 rings (SSSR count). The fourth-order valence-electron chi connectivity index (χ4n) is 0.463. The van der Waals surface area contributed by atoms with Crippen LogP contribution in [0.3, 0.4) is 0 Å². The van der Waals surface area contributed by atoms with Gasteiger partial charge in [-0.1, -0.05) is 6.08 Å². The van der Waals surface area contributed by atoms with Crippen LogP contribution in [0.4, 0.5) is 0 Å². The molecule has 0 aromatic rings. The molecule has 0 aliphatic heterocycles. The van der Waals surface area contributed by atoms with Gasteiger partial charge >= 0.3 is 5.97 Å². The summed E-state index contributed by atoms with van der Waals surface area (Å²) in [6, 6.07) is 0. The molecule has 0 heterocycles. The molecular weight excluding hydrogens is 144 g/mol. The third kappa shape index (κ3) is 4.31. The van der Waals surface area contributed by atoms with Gasteiger partial charge in [-0.25, -0.2) is 0 Å². The summed E-state index contributed by atoms with van der Waals surface area (Å²) >= 11 is 0. The van der Waals surface area contributed by atoms with Crippen molar-refractivity contribution in [1.82, 2.24) is 0 Å². The molecule has 0 unspecified atom stereocenters. The van der Waals surface area contributed by atoms with E-state index in [1.807, 2.05) is 0 Å². The first-order valence-corrected chi connectivity index (χ1v) is 3.32. The Balaban J connectivity index is 3.92. The summed E-state index contributed by atoms with van der Waals surface area (Å²) < 4.78 is 4.39. The second kappa shape index (κ2) is 4.66. The molecule has 0 saturated heterocycles. The summed E-state index contributed by atoms with van der Waals surface area (Å²) in [7, 11) is 1.32. The van der Waals surface area contributed by atoms with E-state index in [0.717, 1.165) is 0 Å². The number of rotatable bonds is 3. The second-order valence-electron chi connectivity index (χ2n) is 2.22. The van der Waals surface area contributed by atoms with E-state index in [2.05, 4.69) is 4.74 Å². The van der Waals surface area contributed by atoms with Crippen LogP contribution in [0.25, 0.3) is 0 Å². The number of hydrogen-bond donors (Lipinski definition) is 0. The second-order valence-corrected chi connectivity index (χ2v) is 2.22. The molecule has 62 valence electrons. The number of esters is 1. The molecule has 0 aromatic heterocycles. The van der Waals surface area contributed by atoms with E-state index >= 15 is 0 Å². The molecule has 0 spiro atoms. The van der Waals surface area contributed by atoms with Crippen LogP contribution in [0.2, 0.25) is 0 Å². The van der Waals surface area contributed by atoms with Gasteiger partial charge in [0.15, 0.2) is 5.78 Å². The summed E-state index contributed by atoms with van der Waals surface area (Å²) in [4.78, 5) is 21.2. The van der Waals surface area contributed by atoms with Gasteiger partial charge in [0, 0.05) is 0 Å². The van der Waals surface area contributed by atoms with Gasteiger partial charge in [0.25, 0.3) is 0 Å². The average Bonchev–Trinajstić information content (AvgIpc) is 1.99. The number of methoxy groups -OCH3 is 1. The van der Waals surface area contributed by atoms with Gasteiger partial charge in [-0.15, -0.1) is 0 Å². The highest BCUT2D eigenvalue weighted by Crippen LogP contribution is 1.97. The Kier molecular flexibility index (Phi) is 4.18. The topological polar surface area (TPSA) is 43.4 Å². The van der Waals surface area contributed by atoms with Crippen LogP contribution in [0.1, 0.15) is 20.3 Å². The van der Waals surface area contributed by atoms with Crippen molar-refractivity contribution in [2.45, 2.75) is 20.3 Å². The van der Waals surface area contributed by atoms with Gasteiger partial charge < -0.3 is 4.74 Å². The molecular formula is C8H12O3. The lowest BCUT2D eigenvalue weighted by atomic mass is 10.2. The minimum Gasteiger partial charge on any atom is -0.469 e. The van der Waals surface area contributed by atoms with Gasteiger partial charge in [0.05, 0.1) is 13.5 Å². The number of ether oxygens (including phenoxy) is 1. The number of hydrogen-bond acceptors (Lipinski definition) is 3. The van der Waals surface area contributed by atoms with Crippen LogP contribution in [0.5, 0.6) is 0 Å². The van der Waals surface area contributed by atoms with Crippen LogP contribution < -0.4 is 0 Å². The molecule has 0 saturated carbocycles. The Morgan fingerprint density at radius 2 is 1.91 bits per heavy atom. The third-order valence-corrected chi connectivity index (χ3v) is 1.36. The Bertz CT molecular complexity index is 192. The molecule has 0 fully saturated rings. The standard InChI is InChI=1S/C8H12O3/c1-6(7(2)9)4-5-8(10)11-3/h4H,5H2,1-3H3. The average molecular weight is 156 g/mol. The molecule has 3 heteroatoms. The molecule has 0 bridgehead atoms.